The molecule has 1 unspecified atom stereocenters. The highest BCUT2D eigenvalue weighted by molar-refractivity contribution is 6.31. The fourth-order valence-electron chi connectivity index (χ4n) is 2.13. The molecule has 0 aliphatic carbocycles. The van der Waals surface area contributed by atoms with E-state index in [4.69, 9.17) is 23.2 Å². The highest BCUT2D eigenvalue weighted by atomic mass is 35.5. The number of rotatable bonds is 5. The van der Waals surface area contributed by atoms with Crippen LogP contribution in [0.3, 0.4) is 0 Å². The average Bonchev–Trinajstić information content (AvgIpc) is 2.47. The Morgan fingerprint density at radius 1 is 1.10 bits per heavy atom. The molecule has 0 radical (unpaired) electrons. The molecule has 0 bridgehead atoms. The summed E-state index contributed by atoms with van der Waals surface area (Å²) in [7, 11) is 0. The first-order valence-corrected chi connectivity index (χ1v) is 7.60. The normalized spacial score (nSPS) is 12.0. The molecule has 2 aromatic rings. The van der Waals surface area contributed by atoms with Crippen molar-refractivity contribution in [1.29, 1.82) is 0 Å². The summed E-state index contributed by atoms with van der Waals surface area (Å²) in [6.45, 7) is 1.93. The SMILES string of the molecule is CC(NC(=O)CCc1ccc(Cl)cc1)c1ccccc1Cl. The van der Waals surface area contributed by atoms with E-state index < -0.39 is 0 Å². The third kappa shape index (κ3) is 4.76. The van der Waals surface area contributed by atoms with Crippen LogP contribution in [0.2, 0.25) is 10.0 Å². The van der Waals surface area contributed by atoms with Crippen molar-refractivity contribution in [3.63, 3.8) is 0 Å². The van der Waals surface area contributed by atoms with Gasteiger partial charge in [0.15, 0.2) is 0 Å². The van der Waals surface area contributed by atoms with Gasteiger partial charge in [0.25, 0.3) is 0 Å². The van der Waals surface area contributed by atoms with Gasteiger partial charge >= 0.3 is 0 Å². The van der Waals surface area contributed by atoms with E-state index in [1.54, 1.807) is 0 Å². The number of carbonyl (C=O) groups is 1. The zero-order valence-corrected chi connectivity index (χ0v) is 13.3. The van der Waals surface area contributed by atoms with Gasteiger partial charge in [0.05, 0.1) is 6.04 Å². The van der Waals surface area contributed by atoms with Crippen LogP contribution in [0.25, 0.3) is 0 Å². The Morgan fingerprint density at radius 3 is 2.43 bits per heavy atom. The number of hydrogen-bond acceptors (Lipinski definition) is 1. The fraction of sp³-hybridized carbons (Fsp3) is 0.235. The van der Waals surface area contributed by atoms with Gasteiger partial charge < -0.3 is 5.32 Å². The zero-order valence-electron chi connectivity index (χ0n) is 11.8. The molecule has 0 fully saturated rings. The molecule has 0 aliphatic rings. The largest absolute Gasteiger partial charge is 0.350 e. The van der Waals surface area contributed by atoms with E-state index in [9.17, 15) is 4.79 Å². The molecule has 110 valence electrons. The van der Waals surface area contributed by atoms with E-state index in [1.807, 2.05) is 55.5 Å². The van der Waals surface area contributed by atoms with Gasteiger partial charge in [0.1, 0.15) is 0 Å². The molecule has 2 nitrogen and oxygen atoms in total. The Bertz CT molecular complexity index is 610. The fourth-order valence-corrected chi connectivity index (χ4v) is 2.55. The number of aryl methyl sites for hydroxylation is 1. The van der Waals surface area contributed by atoms with Crippen LogP contribution in [0.4, 0.5) is 0 Å². The highest BCUT2D eigenvalue weighted by Crippen LogP contribution is 2.22. The van der Waals surface area contributed by atoms with Gasteiger partial charge in [0, 0.05) is 16.5 Å². The van der Waals surface area contributed by atoms with Gasteiger partial charge in [-0.05, 0) is 42.7 Å². The lowest BCUT2D eigenvalue weighted by Crippen LogP contribution is -2.27. The van der Waals surface area contributed by atoms with Gasteiger partial charge in [-0.25, -0.2) is 0 Å². The minimum atomic E-state index is -0.101. The predicted molar refractivity (Wildman–Crippen MR) is 87.8 cm³/mol. The molecule has 1 atom stereocenters. The van der Waals surface area contributed by atoms with E-state index in [-0.39, 0.29) is 11.9 Å². The monoisotopic (exact) mass is 321 g/mol. The molecule has 1 amide bonds. The quantitative estimate of drug-likeness (QED) is 0.841. The second-order valence-electron chi connectivity index (χ2n) is 4.94. The first-order chi connectivity index (χ1) is 10.1. The number of hydrogen-bond donors (Lipinski definition) is 1. The first kappa shape index (κ1) is 15.9. The molecule has 0 heterocycles. The maximum atomic E-state index is 12.0. The molecule has 1 N–H and O–H groups in total. The van der Waals surface area contributed by atoms with Crippen LogP contribution >= 0.6 is 23.2 Å². The van der Waals surface area contributed by atoms with Crippen molar-refractivity contribution >= 4 is 29.1 Å². The third-order valence-corrected chi connectivity index (χ3v) is 3.90. The van der Waals surface area contributed by atoms with E-state index in [2.05, 4.69) is 5.32 Å². The molecule has 0 saturated carbocycles. The summed E-state index contributed by atoms with van der Waals surface area (Å²) in [5.74, 6) is 0.0115. The molecule has 21 heavy (non-hydrogen) atoms. The second kappa shape index (κ2) is 7.48. The van der Waals surface area contributed by atoms with E-state index in [0.717, 1.165) is 11.1 Å². The van der Waals surface area contributed by atoms with Crippen LogP contribution in [-0.2, 0) is 11.2 Å². The van der Waals surface area contributed by atoms with Crippen LogP contribution in [0, 0.1) is 0 Å². The average molecular weight is 322 g/mol. The third-order valence-electron chi connectivity index (χ3n) is 3.30. The van der Waals surface area contributed by atoms with Crippen molar-refractivity contribution in [3.05, 3.63) is 69.7 Å². The smallest absolute Gasteiger partial charge is 0.220 e. The van der Waals surface area contributed by atoms with Crippen LogP contribution < -0.4 is 5.32 Å². The van der Waals surface area contributed by atoms with E-state index in [0.29, 0.717) is 22.9 Å². The Morgan fingerprint density at radius 2 is 1.76 bits per heavy atom. The summed E-state index contributed by atoms with van der Waals surface area (Å²) in [4.78, 5) is 12.0. The van der Waals surface area contributed by atoms with Crippen molar-refractivity contribution in [1.82, 2.24) is 5.32 Å². The van der Waals surface area contributed by atoms with Crippen LogP contribution in [0.15, 0.2) is 48.5 Å². The van der Waals surface area contributed by atoms with Crippen LogP contribution in [-0.4, -0.2) is 5.91 Å². The van der Waals surface area contributed by atoms with Gasteiger partial charge in [0.2, 0.25) is 5.91 Å². The van der Waals surface area contributed by atoms with Gasteiger partial charge in [-0.15, -0.1) is 0 Å². The Balaban J connectivity index is 1.87. The van der Waals surface area contributed by atoms with Crippen molar-refractivity contribution in [3.8, 4) is 0 Å². The minimum absolute atomic E-state index is 0.0115. The van der Waals surface area contributed by atoms with Gasteiger partial charge in [-0.1, -0.05) is 53.5 Å². The van der Waals surface area contributed by atoms with E-state index >= 15 is 0 Å². The lowest BCUT2D eigenvalue weighted by atomic mass is 10.1. The summed E-state index contributed by atoms with van der Waals surface area (Å²) in [5, 5.41) is 4.34. The lowest BCUT2D eigenvalue weighted by molar-refractivity contribution is -0.121. The summed E-state index contributed by atoms with van der Waals surface area (Å²) in [6, 6.07) is 15.0. The van der Waals surface area contributed by atoms with Crippen molar-refractivity contribution in [2.24, 2.45) is 0 Å². The predicted octanol–water partition coefficient (Wildman–Crippen LogP) is 4.80. The van der Waals surface area contributed by atoms with Gasteiger partial charge in [-0.3, -0.25) is 4.79 Å². The zero-order chi connectivity index (χ0) is 15.2. The van der Waals surface area contributed by atoms with Crippen molar-refractivity contribution in [2.45, 2.75) is 25.8 Å². The summed E-state index contributed by atoms with van der Waals surface area (Å²) in [6.07, 6.45) is 1.13. The number of nitrogens with one attached hydrogen (secondary N) is 1. The molecule has 2 aromatic carbocycles. The van der Waals surface area contributed by atoms with Crippen LogP contribution in [0.1, 0.15) is 30.5 Å². The molecule has 0 spiro atoms. The number of amides is 1. The highest BCUT2D eigenvalue weighted by Gasteiger charge is 2.12. The molecular formula is C17H17Cl2NO. The minimum Gasteiger partial charge on any atom is -0.350 e. The number of benzene rings is 2. The number of halogens is 2. The molecule has 0 aliphatic heterocycles. The van der Waals surface area contributed by atoms with Crippen LogP contribution in [0.5, 0.6) is 0 Å². The molecular weight excluding hydrogens is 305 g/mol. The second-order valence-corrected chi connectivity index (χ2v) is 5.78. The maximum Gasteiger partial charge on any atom is 0.220 e. The molecule has 0 aromatic heterocycles. The molecule has 0 saturated heterocycles. The first-order valence-electron chi connectivity index (χ1n) is 6.84. The number of carbonyl (C=O) groups excluding carboxylic acids is 1. The van der Waals surface area contributed by atoms with Crippen molar-refractivity contribution < 1.29 is 4.79 Å². The maximum absolute atomic E-state index is 12.0. The summed E-state index contributed by atoms with van der Waals surface area (Å²) >= 11 is 12.0. The standard InChI is InChI=1S/C17H17Cl2NO/c1-12(15-4-2-3-5-16(15)19)20-17(21)11-8-13-6-9-14(18)10-7-13/h2-7,9-10,12H,8,11H2,1H3,(H,20,21). The Hall–Kier alpha value is -1.51. The lowest BCUT2D eigenvalue weighted by Gasteiger charge is -2.15. The van der Waals surface area contributed by atoms with E-state index in [1.165, 1.54) is 0 Å². The molecule has 4 heteroatoms. The summed E-state index contributed by atoms with van der Waals surface area (Å²) in [5.41, 5.74) is 2.03. The van der Waals surface area contributed by atoms with Gasteiger partial charge in [-0.2, -0.15) is 0 Å². The molecule has 2 rings (SSSR count). The Kier molecular flexibility index (Phi) is 5.66. The Labute approximate surface area is 135 Å². The topological polar surface area (TPSA) is 29.1 Å². The summed E-state index contributed by atoms with van der Waals surface area (Å²) < 4.78 is 0. The van der Waals surface area contributed by atoms with Crippen molar-refractivity contribution in [2.75, 3.05) is 0 Å².